The molecule has 1 aromatic heterocycles. The second-order valence-electron chi connectivity index (χ2n) is 2.08. The number of amides is 1. The van der Waals surface area contributed by atoms with E-state index < -0.39 is 11.9 Å². The second-order valence-corrected chi connectivity index (χ2v) is 3.00. The summed E-state index contributed by atoms with van der Waals surface area (Å²) in [6, 6.07) is 1.53. The molecular formula is C8H5NO3S. The number of rotatable bonds is 1. The lowest BCUT2D eigenvalue weighted by atomic mass is 10.2. The van der Waals surface area contributed by atoms with Crippen molar-refractivity contribution in [3.05, 3.63) is 21.9 Å². The van der Waals surface area contributed by atoms with Gasteiger partial charge in [-0.25, -0.2) is 4.79 Å². The molecule has 0 aliphatic heterocycles. The number of carboxylic acids is 1. The fourth-order valence-corrected chi connectivity index (χ4v) is 1.39. The highest BCUT2D eigenvalue weighted by atomic mass is 32.1. The molecule has 0 bridgehead atoms. The van der Waals surface area contributed by atoms with Crippen molar-refractivity contribution in [1.82, 2.24) is 0 Å². The molecule has 0 aliphatic rings. The number of carboxylic acid groups (broad SMARTS) is 1. The van der Waals surface area contributed by atoms with Gasteiger partial charge in [0, 0.05) is 5.92 Å². The van der Waals surface area contributed by atoms with Crippen molar-refractivity contribution >= 4 is 23.2 Å². The van der Waals surface area contributed by atoms with Gasteiger partial charge in [-0.3, -0.25) is 4.79 Å². The average molecular weight is 195 g/mol. The monoisotopic (exact) mass is 195 g/mol. The summed E-state index contributed by atoms with van der Waals surface area (Å²) in [5.41, 5.74) is 5.09. The lowest BCUT2D eigenvalue weighted by Gasteiger charge is -1.86. The molecule has 0 atom stereocenters. The van der Waals surface area contributed by atoms with E-state index in [1.807, 2.05) is 0 Å². The van der Waals surface area contributed by atoms with E-state index in [9.17, 15) is 9.59 Å². The van der Waals surface area contributed by atoms with Crippen LogP contribution < -0.4 is 5.73 Å². The molecular weight excluding hydrogens is 190 g/mol. The predicted molar refractivity (Wildman–Crippen MR) is 47.4 cm³/mol. The van der Waals surface area contributed by atoms with Gasteiger partial charge >= 0.3 is 5.97 Å². The Morgan fingerprint density at radius 1 is 1.54 bits per heavy atom. The van der Waals surface area contributed by atoms with Crippen LogP contribution in [0.3, 0.4) is 0 Å². The van der Waals surface area contributed by atoms with E-state index in [-0.39, 0.29) is 4.88 Å². The highest BCUT2D eigenvalue weighted by Crippen LogP contribution is 2.14. The maximum atomic E-state index is 10.6. The highest BCUT2D eigenvalue weighted by molar-refractivity contribution is 7.12. The van der Waals surface area contributed by atoms with Crippen LogP contribution in [-0.4, -0.2) is 17.0 Å². The molecule has 0 fully saturated rings. The van der Waals surface area contributed by atoms with E-state index in [0.29, 0.717) is 5.56 Å². The van der Waals surface area contributed by atoms with Crippen molar-refractivity contribution in [3.63, 3.8) is 0 Å². The van der Waals surface area contributed by atoms with Crippen molar-refractivity contribution in [2.45, 2.75) is 0 Å². The van der Waals surface area contributed by atoms with Crippen LogP contribution in [0.25, 0.3) is 0 Å². The molecule has 1 rings (SSSR count). The first-order valence-corrected chi connectivity index (χ1v) is 4.11. The van der Waals surface area contributed by atoms with Gasteiger partial charge in [-0.05, 0) is 11.4 Å². The number of hydrogen-bond acceptors (Lipinski definition) is 3. The third-order valence-electron chi connectivity index (χ3n) is 1.18. The first kappa shape index (κ1) is 9.29. The molecule has 3 N–H and O–H groups in total. The Labute approximate surface area is 78.0 Å². The fourth-order valence-electron chi connectivity index (χ4n) is 0.702. The van der Waals surface area contributed by atoms with Crippen LogP contribution >= 0.6 is 11.3 Å². The van der Waals surface area contributed by atoms with E-state index in [1.165, 1.54) is 6.07 Å². The summed E-state index contributed by atoms with van der Waals surface area (Å²) in [6.07, 6.45) is 0. The molecule has 0 radical (unpaired) electrons. The molecule has 1 aromatic rings. The molecule has 1 heterocycles. The number of hydrogen-bond donors (Lipinski definition) is 2. The number of carbonyl (C=O) groups is 2. The lowest BCUT2D eigenvalue weighted by Crippen LogP contribution is -2.06. The van der Waals surface area contributed by atoms with E-state index in [2.05, 4.69) is 11.8 Å². The molecule has 1 amide bonds. The van der Waals surface area contributed by atoms with Crippen LogP contribution in [0.1, 0.15) is 15.2 Å². The molecule has 5 heteroatoms. The number of nitrogens with two attached hydrogens (primary N) is 1. The summed E-state index contributed by atoms with van der Waals surface area (Å²) in [5, 5.41) is 10.2. The predicted octanol–water partition coefficient (Wildman–Crippen LogP) is 0.283. The van der Waals surface area contributed by atoms with Gasteiger partial charge in [-0.15, -0.1) is 11.3 Å². The molecule has 0 saturated carbocycles. The summed E-state index contributed by atoms with van der Waals surface area (Å²) in [7, 11) is 0. The van der Waals surface area contributed by atoms with Crippen LogP contribution in [0, 0.1) is 11.8 Å². The van der Waals surface area contributed by atoms with Crippen LogP contribution in [0.5, 0.6) is 0 Å². The minimum atomic E-state index is -1.05. The molecule has 0 spiro atoms. The fraction of sp³-hybridized carbons (Fsp3) is 0. The third kappa shape index (κ3) is 2.32. The molecule has 4 nitrogen and oxygen atoms in total. The highest BCUT2D eigenvalue weighted by Gasteiger charge is 2.08. The van der Waals surface area contributed by atoms with Crippen molar-refractivity contribution < 1.29 is 14.7 Å². The van der Waals surface area contributed by atoms with Crippen LogP contribution in [0.15, 0.2) is 11.4 Å². The van der Waals surface area contributed by atoms with Gasteiger partial charge in [0.2, 0.25) is 0 Å². The van der Waals surface area contributed by atoms with E-state index in [0.717, 1.165) is 11.3 Å². The number of thiophene rings is 1. The molecule has 0 saturated heterocycles. The number of aromatic carboxylic acids is 1. The summed E-state index contributed by atoms with van der Waals surface area (Å²) >= 11 is 1.06. The van der Waals surface area contributed by atoms with E-state index in [1.54, 1.807) is 5.38 Å². The summed E-state index contributed by atoms with van der Waals surface area (Å²) in [4.78, 5) is 21.0. The Morgan fingerprint density at radius 3 is 2.77 bits per heavy atom. The maximum Gasteiger partial charge on any atom is 0.347 e. The smallest absolute Gasteiger partial charge is 0.347 e. The standard InChI is InChI=1S/C8H5NO3S/c9-6(10)2-1-5-3-4-13-7(5)8(11)12/h3-4H,(H2,9,10)(H,11,12). The first-order valence-electron chi connectivity index (χ1n) is 3.23. The summed E-state index contributed by atoms with van der Waals surface area (Å²) in [6.45, 7) is 0. The SMILES string of the molecule is NC(=O)C#Cc1ccsc1C(=O)O. The Morgan fingerprint density at radius 2 is 2.23 bits per heavy atom. The van der Waals surface area contributed by atoms with Gasteiger partial charge in [0.1, 0.15) is 4.88 Å². The van der Waals surface area contributed by atoms with Gasteiger partial charge in [-0.1, -0.05) is 5.92 Å². The van der Waals surface area contributed by atoms with Crippen LogP contribution in [0.2, 0.25) is 0 Å². The van der Waals surface area contributed by atoms with Gasteiger partial charge in [0.05, 0.1) is 5.56 Å². The molecule has 0 aromatic carbocycles. The van der Waals surface area contributed by atoms with Crippen LogP contribution in [0.4, 0.5) is 0 Å². The maximum absolute atomic E-state index is 10.6. The molecule has 0 unspecified atom stereocenters. The zero-order chi connectivity index (χ0) is 9.84. The number of primary amides is 1. The minimum absolute atomic E-state index is 0.119. The van der Waals surface area contributed by atoms with Crippen molar-refractivity contribution in [1.29, 1.82) is 0 Å². The molecule has 66 valence electrons. The van der Waals surface area contributed by atoms with Gasteiger partial charge < -0.3 is 10.8 Å². The minimum Gasteiger partial charge on any atom is -0.477 e. The number of carbonyl (C=O) groups excluding carboxylic acids is 1. The Kier molecular flexibility index (Phi) is 2.67. The van der Waals surface area contributed by atoms with Gasteiger partial charge in [0.25, 0.3) is 5.91 Å². The van der Waals surface area contributed by atoms with Gasteiger partial charge in [-0.2, -0.15) is 0 Å². The van der Waals surface area contributed by atoms with Crippen molar-refractivity contribution in [3.8, 4) is 11.8 Å². The second kappa shape index (κ2) is 3.74. The quantitative estimate of drug-likeness (QED) is 0.632. The largest absolute Gasteiger partial charge is 0.477 e. The zero-order valence-corrected chi connectivity index (χ0v) is 7.22. The van der Waals surface area contributed by atoms with E-state index >= 15 is 0 Å². The first-order chi connectivity index (χ1) is 6.11. The average Bonchev–Trinajstić information content (AvgIpc) is 2.47. The summed E-state index contributed by atoms with van der Waals surface area (Å²) in [5.74, 6) is 2.63. The third-order valence-corrected chi connectivity index (χ3v) is 2.08. The topological polar surface area (TPSA) is 80.4 Å². The molecule has 13 heavy (non-hydrogen) atoms. The van der Waals surface area contributed by atoms with E-state index in [4.69, 9.17) is 10.8 Å². The van der Waals surface area contributed by atoms with Crippen molar-refractivity contribution in [2.24, 2.45) is 5.73 Å². The molecule has 0 aliphatic carbocycles. The Balaban J connectivity index is 3.04. The normalized spacial score (nSPS) is 8.62. The Bertz CT molecular complexity index is 411. The van der Waals surface area contributed by atoms with Crippen molar-refractivity contribution in [2.75, 3.05) is 0 Å². The Hall–Kier alpha value is -1.80. The van der Waals surface area contributed by atoms with Gasteiger partial charge in [0.15, 0.2) is 0 Å². The lowest BCUT2D eigenvalue weighted by molar-refractivity contribution is -0.112. The van der Waals surface area contributed by atoms with Crippen LogP contribution in [-0.2, 0) is 4.79 Å². The summed E-state index contributed by atoms with van der Waals surface area (Å²) < 4.78 is 0. The zero-order valence-electron chi connectivity index (χ0n) is 6.40.